The molecular formula is C18H23N3O4S. The summed E-state index contributed by atoms with van der Waals surface area (Å²) >= 11 is 0. The Bertz CT molecular complexity index is 852. The number of ether oxygens (including phenoxy) is 1. The van der Waals surface area contributed by atoms with Crippen LogP contribution in [0.1, 0.15) is 11.5 Å². The number of hydrogen-bond acceptors (Lipinski definition) is 6. The van der Waals surface area contributed by atoms with Crippen LogP contribution in [0.2, 0.25) is 0 Å². The maximum Gasteiger partial charge on any atom is 0.240 e. The smallest absolute Gasteiger partial charge is 0.240 e. The number of likely N-dealkylation sites (tertiary alicyclic amines) is 1. The quantitative estimate of drug-likeness (QED) is 0.819. The third kappa shape index (κ3) is 3.68. The van der Waals surface area contributed by atoms with Crippen molar-refractivity contribution in [3.63, 3.8) is 0 Å². The van der Waals surface area contributed by atoms with Gasteiger partial charge in [-0.3, -0.25) is 4.90 Å². The second-order valence-electron chi connectivity index (χ2n) is 7.08. The van der Waals surface area contributed by atoms with Gasteiger partial charge in [-0.25, -0.2) is 13.1 Å². The molecule has 0 amide bonds. The van der Waals surface area contributed by atoms with Gasteiger partial charge in [0.1, 0.15) is 5.76 Å². The van der Waals surface area contributed by atoms with E-state index in [0.29, 0.717) is 24.0 Å². The molecule has 0 unspecified atom stereocenters. The molecule has 0 saturated carbocycles. The van der Waals surface area contributed by atoms with Gasteiger partial charge in [0.25, 0.3) is 0 Å². The average Bonchev–Trinajstić information content (AvgIpc) is 3.31. The standard InChI is InChI=1S/C18H23N3O4S/c1-13-7-15(20-25-13)9-21-10-17-14(12-24-18(17)11-21)8-19-26(22,23)16-5-3-2-4-6-16/h2-7,14,17-19H,8-12H2,1H3/t14-,17-,18-/m0/s1. The highest BCUT2D eigenvalue weighted by molar-refractivity contribution is 7.89. The molecular weight excluding hydrogens is 354 g/mol. The first kappa shape index (κ1) is 17.7. The summed E-state index contributed by atoms with van der Waals surface area (Å²) in [4.78, 5) is 2.59. The van der Waals surface area contributed by atoms with Gasteiger partial charge in [0.2, 0.25) is 10.0 Å². The Labute approximate surface area is 153 Å². The van der Waals surface area contributed by atoms with Crippen molar-refractivity contribution in [2.24, 2.45) is 11.8 Å². The van der Waals surface area contributed by atoms with Gasteiger partial charge < -0.3 is 9.26 Å². The zero-order valence-corrected chi connectivity index (χ0v) is 15.5. The molecule has 0 radical (unpaired) electrons. The van der Waals surface area contributed by atoms with Crippen LogP contribution in [0.25, 0.3) is 0 Å². The molecule has 1 aromatic heterocycles. The minimum atomic E-state index is -3.48. The van der Waals surface area contributed by atoms with Crippen molar-refractivity contribution in [1.82, 2.24) is 14.8 Å². The summed E-state index contributed by atoms with van der Waals surface area (Å²) in [6, 6.07) is 10.4. The molecule has 26 heavy (non-hydrogen) atoms. The minimum absolute atomic E-state index is 0.161. The lowest BCUT2D eigenvalue weighted by molar-refractivity contribution is 0.0938. The Balaban J connectivity index is 1.34. The number of sulfonamides is 1. The molecule has 0 spiro atoms. The molecule has 2 aliphatic rings. The fourth-order valence-corrected chi connectivity index (χ4v) is 4.96. The van der Waals surface area contributed by atoms with Gasteiger partial charge >= 0.3 is 0 Å². The maximum absolute atomic E-state index is 12.4. The van der Waals surface area contributed by atoms with Crippen LogP contribution in [-0.4, -0.2) is 50.8 Å². The first-order valence-electron chi connectivity index (χ1n) is 8.82. The van der Waals surface area contributed by atoms with Crippen LogP contribution >= 0.6 is 0 Å². The number of fused-ring (bicyclic) bond motifs is 1. The first-order valence-corrected chi connectivity index (χ1v) is 10.3. The van der Waals surface area contributed by atoms with Crippen LogP contribution in [0.5, 0.6) is 0 Å². The van der Waals surface area contributed by atoms with Crippen LogP contribution in [0.15, 0.2) is 45.8 Å². The minimum Gasteiger partial charge on any atom is -0.376 e. The number of aryl methyl sites for hydroxylation is 1. The fourth-order valence-electron chi connectivity index (χ4n) is 3.84. The van der Waals surface area contributed by atoms with Gasteiger partial charge in [-0.15, -0.1) is 0 Å². The van der Waals surface area contributed by atoms with Gasteiger partial charge in [0.15, 0.2) is 0 Å². The van der Waals surface area contributed by atoms with Crippen molar-refractivity contribution in [3.8, 4) is 0 Å². The monoisotopic (exact) mass is 377 g/mol. The lowest BCUT2D eigenvalue weighted by Gasteiger charge is -2.19. The van der Waals surface area contributed by atoms with E-state index < -0.39 is 10.0 Å². The highest BCUT2D eigenvalue weighted by Crippen LogP contribution is 2.34. The Morgan fingerprint density at radius 2 is 2.08 bits per heavy atom. The molecule has 1 N–H and O–H groups in total. The van der Waals surface area contributed by atoms with Gasteiger partial charge in [0, 0.05) is 44.1 Å². The molecule has 140 valence electrons. The first-order chi connectivity index (χ1) is 12.5. The molecule has 2 saturated heterocycles. The zero-order valence-electron chi connectivity index (χ0n) is 14.7. The summed E-state index contributed by atoms with van der Waals surface area (Å²) in [7, 11) is -3.48. The van der Waals surface area contributed by atoms with Crippen molar-refractivity contribution in [1.29, 1.82) is 0 Å². The van der Waals surface area contributed by atoms with Crippen LogP contribution < -0.4 is 4.72 Å². The molecule has 4 rings (SSSR count). The summed E-state index contributed by atoms with van der Waals surface area (Å²) in [6.45, 7) is 5.34. The number of nitrogens with zero attached hydrogens (tertiary/aromatic N) is 2. The Kier molecular flexibility index (Phi) is 4.83. The summed E-state index contributed by atoms with van der Waals surface area (Å²) < 4.78 is 38.6. The van der Waals surface area contributed by atoms with E-state index in [1.54, 1.807) is 30.3 Å². The van der Waals surface area contributed by atoms with Crippen molar-refractivity contribution in [2.75, 3.05) is 26.2 Å². The van der Waals surface area contributed by atoms with E-state index in [1.165, 1.54) is 0 Å². The molecule has 1 aromatic carbocycles. The number of aromatic nitrogens is 1. The maximum atomic E-state index is 12.4. The van der Waals surface area contributed by atoms with Gasteiger partial charge in [0.05, 0.1) is 23.3 Å². The Morgan fingerprint density at radius 3 is 2.81 bits per heavy atom. The van der Waals surface area contributed by atoms with E-state index in [-0.39, 0.29) is 12.0 Å². The molecule has 3 heterocycles. The number of nitrogens with one attached hydrogen (secondary N) is 1. The number of rotatable bonds is 6. The predicted octanol–water partition coefficient (Wildman–Crippen LogP) is 1.41. The van der Waals surface area contributed by atoms with E-state index in [9.17, 15) is 8.42 Å². The zero-order chi connectivity index (χ0) is 18.1. The van der Waals surface area contributed by atoms with E-state index >= 15 is 0 Å². The molecule has 8 heteroatoms. The van der Waals surface area contributed by atoms with Gasteiger partial charge in [-0.2, -0.15) is 0 Å². The topological polar surface area (TPSA) is 84.7 Å². The van der Waals surface area contributed by atoms with Crippen LogP contribution in [-0.2, 0) is 21.3 Å². The van der Waals surface area contributed by atoms with E-state index in [1.807, 2.05) is 13.0 Å². The van der Waals surface area contributed by atoms with E-state index in [2.05, 4.69) is 14.8 Å². The van der Waals surface area contributed by atoms with E-state index in [0.717, 1.165) is 31.1 Å². The normalized spacial score (nSPS) is 26.3. The van der Waals surface area contributed by atoms with Crippen LogP contribution in [0, 0.1) is 18.8 Å². The number of hydrogen-bond donors (Lipinski definition) is 1. The molecule has 0 aliphatic carbocycles. The summed E-state index contributed by atoms with van der Waals surface area (Å²) in [5.41, 5.74) is 0.920. The van der Waals surface area contributed by atoms with Crippen molar-refractivity contribution < 1.29 is 17.7 Å². The van der Waals surface area contributed by atoms with E-state index in [4.69, 9.17) is 9.26 Å². The molecule has 7 nitrogen and oxygen atoms in total. The molecule has 2 aromatic rings. The SMILES string of the molecule is Cc1cc(CN2C[C@H]3[C@@H](CNS(=O)(=O)c4ccccc4)CO[C@H]3C2)no1. The number of benzene rings is 1. The molecule has 2 aliphatic heterocycles. The molecule has 3 atom stereocenters. The lowest BCUT2D eigenvalue weighted by Crippen LogP contribution is -2.34. The second-order valence-corrected chi connectivity index (χ2v) is 8.85. The van der Waals surface area contributed by atoms with Gasteiger partial charge in [-0.1, -0.05) is 23.4 Å². The lowest BCUT2D eigenvalue weighted by atomic mass is 9.93. The Hall–Kier alpha value is -1.74. The summed E-state index contributed by atoms with van der Waals surface area (Å²) in [5.74, 6) is 1.33. The summed E-state index contributed by atoms with van der Waals surface area (Å²) in [5, 5.41) is 4.05. The Morgan fingerprint density at radius 1 is 1.27 bits per heavy atom. The third-order valence-electron chi connectivity index (χ3n) is 5.17. The second kappa shape index (κ2) is 7.11. The van der Waals surface area contributed by atoms with Crippen LogP contribution in [0.4, 0.5) is 0 Å². The van der Waals surface area contributed by atoms with Crippen molar-refractivity contribution in [3.05, 3.63) is 47.9 Å². The molecule has 2 fully saturated rings. The third-order valence-corrected chi connectivity index (χ3v) is 6.61. The van der Waals surface area contributed by atoms with Crippen molar-refractivity contribution >= 4 is 10.0 Å². The van der Waals surface area contributed by atoms with Crippen molar-refractivity contribution in [2.45, 2.75) is 24.5 Å². The van der Waals surface area contributed by atoms with Crippen LogP contribution in [0.3, 0.4) is 0 Å². The summed E-state index contributed by atoms with van der Waals surface area (Å²) in [6.07, 6.45) is 0.161. The molecule has 0 bridgehead atoms. The highest BCUT2D eigenvalue weighted by atomic mass is 32.2. The largest absolute Gasteiger partial charge is 0.376 e. The predicted molar refractivity (Wildman–Crippen MR) is 94.9 cm³/mol. The fraction of sp³-hybridized carbons (Fsp3) is 0.500. The van der Waals surface area contributed by atoms with Gasteiger partial charge in [-0.05, 0) is 19.1 Å². The highest BCUT2D eigenvalue weighted by Gasteiger charge is 2.44. The average molecular weight is 377 g/mol.